The number of likely N-dealkylation sites (tertiary alicyclic amines) is 1. The minimum absolute atomic E-state index is 0.113. The quantitative estimate of drug-likeness (QED) is 0.746. The SMILES string of the molecule is Cc1ccc(Nc2nc(N)nc(CN3CCC[C@H](C(N)=O)C3)n2)cc1. The van der Waals surface area contributed by atoms with E-state index >= 15 is 0 Å². The number of nitrogens with one attached hydrogen (secondary N) is 1. The van der Waals surface area contributed by atoms with Crippen molar-refractivity contribution in [2.24, 2.45) is 11.7 Å². The van der Waals surface area contributed by atoms with Gasteiger partial charge in [-0.05, 0) is 38.4 Å². The Morgan fingerprint density at radius 3 is 2.76 bits per heavy atom. The molecule has 1 aliphatic rings. The van der Waals surface area contributed by atoms with E-state index < -0.39 is 0 Å². The third-order valence-corrected chi connectivity index (χ3v) is 4.28. The molecular weight excluding hydrogens is 318 g/mol. The molecule has 2 heterocycles. The van der Waals surface area contributed by atoms with Crippen LogP contribution < -0.4 is 16.8 Å². The van der Waals surface area contributed by atoms with Crippen molar-refractivity contribution in [1.82, 2.24) is 19.9 Å². The zero-order chi connectivity index (χ0) is 17.8. The summed E-state index contributed by atoms with van der Waals surface area (Å²) >= 11 is 0. The first-order valence-electron chi connectivity index (χ1n) is 8.35. The lowest BCUT2D eigenvalue weighted by atomic mass is 9.97. The van der Waals surface area contributed by atoms with E-state index in [0.29, 0.717) is 24.9 Å². The summed E-state index contributed by atoms with van der Waals surface area (Å²) < 4.78 is 0. The highest BCUT2D eigenvalue weighted by Gasteiger charge is 2.24. The number of anilines is 3. The van der Waals surface area contributed by atoms with Crippen LogP contribution in [-0.4, -0.2) is 38.8 Å². The minimum atomic E-state index is -0.249. The van der Waals surface area contributed by atoms with Gasteiger partial charge >= 0.3 is 0 Å². The number of nitrogens with two attached hydrogens (primary N) is 2. The van der Waals surface area contributed by atoms with Crippen molar-refractivity contribution in [1.29, 1.82) is 0 Å². The predicted octanol–water partition coefficient (Wildman–Crippen LogP) is 1.20. The van der Waals surface area contributed by atoms with Gasteiger partial charge in [0.05, 0.1) is 12.5 Å². The van der Waals surface area contributed by atoms with Crippen molar-refractivity contribution >= 4 is 23.5 Å². The van der Waals surface area contributed by atoms with Gasteiger partial charge in [0.15, 0.2) is 0 Å². The molecule has 25 heavy (non-hydrogen) atoms. The standard InChI is InChI=1S/C17H23N7O/c1-11-4-6-13(7-5-11)20-17-22-14(21-16(19)23-17)10-24-8-2-3-12(9-24)15(18)25/h4-7,12H,2-3,8-10H2,1H3,(H2,18,25)(H3,19,20,21,22,23)/t12-/m0/s1. The summed E-state index contributed by atoms with van der Waals surface area (Å²) in [6.45, 7) is 4.05. The molecule has 1 aromatic carbocycles. The second-order valence-corrected chi connectivity index (χ2v) is 6.40. The lowest BCUT2D eigenvalue weighted by molar-refractivity contribution is -0.123. The molecule has 3 rings (SSSR count). The number of amides is 1. The molecule has 1 saturated heterocycles. The largest absolute Gasteiger partial charge is 0.369 e. The molecule has 8 nitrogen and oxygen atoms in total. The maximum Gasteiger partial charge on any atom is 0.232 e. The smallest absolute Gasteiger partial charge is 0.232 e. The van der Waals surface area contributed by atoms with Crippen molar-refractivity contribution in [3.63, 3.8) is 0 Å². The molecule has 1 aliphatic heterocycles. The highest BCUT2D eigenvalue weighted by atomic mass is 16.1. The van der Waals surface area contributed by atoms with E-state index in [1.165, 1.54) is 5.56 Å². The molecule has 1 atom stereocenters. The highest BCUT2D eigenvalue weighted by molar-refractivity contribution is 5.76. The number of hydrogen-bond acceptors (Lipinski definition) is 7. The van der Waals surface area contributed by atoms with Crippen LogP contribution in [0.15, 0.2) is 24.3 Å². The Hall–Kier alpha value is -2.74. The topological polar surface area (TPSA) is 123 Å². The number of nitrogens with zero attached hydrogens (tertiary/aromatic N) is 4. The first-order valence-corrected chi connectivity index (χ1v) is 8.35. The van der Waals surface area contributed by atoms with Crippen LogP contribution in [0.1, 0.15) is 24.2 Å². The Bertz CT molecular complexity index is 747. The summed E-state index contributed by atoms with van der Waals surface area (Å²) in [7, 11) is 0. The first kappa shape index (κ1) is 17.1. The summed E-state index contributed by atoms with van der Waals surface area (Å²) in [6, 6.07) is 7.92. The molecule has 5 N–H and O–H groups in total. The van der Waals surface area contributed by atoms with Crippen LogP contribution in [0.2, 0.25) is 0 Å². The van der Waals surface area contributed by atoms with Crippen LogP contribution in [0.25, 0.3) is 0 Å². The number of hydrogen-bond donors (Lipinski definition) is 3. The van der Waals surface area contributed by atoms with Gasteiger partial charge in [-0.1, -0.05) is 17.7 Å². The van der Waals surface area contributed by atoms with Gasteiger partial charge in [-0.25, -0.2) is 0 Å². The monoisotopic (exact) mass is 341 g/mol. The second-order valence-electron chi connectivity index (χ2n) is 6.40. The van der Waals surface area contributed by atoms with E-state index in [1.807, 2.05) is 31.2 Å². The Kier molecular flexibility index (Phi) is 5.08. The number of carbonyl (C=O) groups is 1. The summed E-state index contributed by atoms with van der Waals surface area (Å²) in [5, 5.41) is 3.14. The Morgan fingerprint density at radius 2 is 2.04 bits per heavy atom. The summed E-state index contributed by atoms with van der Waals surface area (Å²) in [4.78, 5) is 26.3. The molecule has 8 heteroatoms. The number of rotatable bonds is 5. The molecule has 2 aromatic rings. The van der Waals surface area contributed by atoms with Crippen LogP contribution in [0.3, 0.4) is 0 Å². The predicted molar refractivity (Wildman–Crippen MR) is 95.9 cm³/mol. The molecule has 0 unspecified atom stereocenters. The van der Waals surface area contributed by atoms with Crippen molar-refractivity contribution in [2.75, 3.05) is 24.1 Å². The average molecular weight is 341 g/mol. The van der Waals surface area contributed by atoms with E-state index in [2.05, 4.69) is 25.2 Å². The highest BCUT2D eigenvalue weighted by Crippen LogP contribution is 2.19. The molecule has 1 aromatic heterocycles. The molecule has 132 valence electrons. The minimum Gasteiger partial charge on any atom is -0.369 e. The van der Waals surface area contributed by atoms with Gasteiger partial charge < -0.3 is 16.8 Å². The van der Waals surface area contributed by atoms with Crippen LogP contribution in [0.5, 0.6) is 0 Å². The van der Waals surface area contributed by atoms with Gasteiger partial charge in [0.25, 0.3) is 0 Å². The molecule has 0 saturated carbocycles. The molecule has 1 amide bonds. The Morgan fingerprint density at radius 1 is 1.28 bits per heavy atom. The Labute approximate surface area is 146 Å². The van der Waals surface area contributed by atoms with Gasteiger partial charge in [-0.2, -0.15) is 15.0 Å². The summed E-state index contributed by atoms with van der Waals surface area (Å²) in [5.74, 6) is 0.796. The first-order chi connectivity index (χ1) is 12.0. The molecule has 0 aliphatic carbocycles. The van der Waals surface area contributed by atoms with Crippen LogP contribution in [-0.2, 0) is 11.3 Å². The van der Waals surface area contributed by atoms with Gasteiger partial charge in [0.1, 0.15) is 5.82 Å². The number of piperidine rings is 1. The van der Waals surface area contributed by atoms with E-state index in [0.717, 1.165) is 25.1 Å². The number of benzene rings is 1. The molecule has 0 radical (unpaired) electrons. The van der Waals surface area contributed by atoms with Gasteiger partial charge in [-0.3, -0.25) is 9.69 Å². The van der Waals surface area contributed by atoms with Crippen LogP contribution >= 0.6 is 0 Å². The summed E-state index contributed by atoms with van der Waals surface area (Å²) in [5.41, 5.74) is 13.3. The average Bonchev–Trinajstić information content (AvgIpc) is 2.57. The molecular formula is C17H23N7O. The maximum atomic E-state index is 11.4. The molecule has 1 fully saturated rings. The van der Waals surface area contributed by atoms with E-state index in [4.69, 9.17) is 11.5 Å². The number of nitrogen functional groups attached to an aromatic ring is 1. The fraction of sp³-hybridized carbons (Fsp3) is 0.412. The van der Waals surface area contributed by atoms with Gasteiger partial charge in [-0.15, -0.1) is 0 Å². The van der Waals surface area contributed by atoms with E-state index in [-0.39, 0.29) is 17.8 Å². The maximum absolute atomic E-state index is 11.4. The number of primary amides is 1. The van der Waals surface area contributed by atoms with E-state index in [9.17, 15) is 4.79 Å². The number of aromatic nitrogens is 3. The van der Waals surface area contributed by atoms with Crippen molar-refractivity contribution in [3.05, 3.63) is 35.7 Å². The molecule has 0 bridgehead atoms. The zero-order valence-electron chi connectivity index (χ0n) is 14.3. The third kappa shape index (κ3) is 4.63. The zero-order valence-corrected chi connectivity index (χ0v) is 14.3. The van der Waals surface area contributed by atoms with Gasteiger partial charge in [0.2, 0.25) is 17.8 Å². The summed E-state index contributed by atoms with van der Waals surface area (Å²) in [6.07, 6.45) is 1.77. The lowest BCUT2D eigenvalue weighted by Crippen LogP contribution is -2.41. The van der Waals surface area contributed by atoms with Crippen molar-refractivity contribution in [2.45, 2.75) is 26.3 Å². The van der Waals surface area contributed by atoms with Crippen LogP contribution in [0.4, 0.5) is 17.6 Å². The fourth-order valence-corrected chi connectivity index (χ4v) is 2.96. The fourth-order valence-electron chi connectivity index (χ4n) is 2.96. The number of carbonyl (C=O) groups excluding carboxylic acids is 1. The lowest BCUT2D eigenvalue weighted by Gasteiger charge is -2.30. The van der Waals surface area contributed by atoms with Crippen molar-refractivity contribution < 1.29 is 4.79 Å². The normalized spacial score (nSPS) is 18.0. The second kappa shape index (κ2) is 7.43. The van der Waals surface area contributed by atoms with Crippen LogP contribution in [0, 0.1) is 12.8 Å². The third-order valence-electron chi connectivity index (χ3n) is 4.28. The van der Waals surface area contributed by atoms with E-state index in [1.54, 1.807) is 0 Å². The van der Waals surface area contributed by atoms with Gasteiger partial charge in [0, 0.05) is 12.2 Å². The molecule has 0 spiro atoms. The Balaban J connectivity index is 1.70. The van der Waals surface area contributed by atoms with Crippen molar-refractivity contribution in [3.8, 4) is 0 Å². The number of aryl methyl sites for hydroxylation is 1.